The van der Waals surface area contributed by atoms with Gasteiger partial charge < -0.3 is 19.7 Å². The zero-order valence-corrected chi connectivity index (χ0v) is 19.2. The van der Waals surface area contributed by atoms with E-state index in [4.69, 9.17) is 19.4 Å². The van der Waals surface area contributed by atoms with E-state index >= 15 is 0 Å². The van der Waals surface area contributed by atoms with Crippen LogP contribution in [0.4, 0.5) is 11.5 Å². The molecule has 1 aromatic carbocycles. The number of aryl methyl sites for hydroxylation is 1. The standard InChI is InChI=1S/C24H25N7O3/c1-30-13-15(11-26-30)21-12-25-20-5-6-22(29-24(20)28-21)31(14-16-4-7-23(32)27-16)17-8-18(33-2)10-19(9-17)34-3/h5-6,8-13,16H,4,7,14H2,1-3H3,(H,27,32). The van der Waals surface area contributed by atoms with Crippen molar-refractivity contribution in [2.45, 2.75) is 18.9 Å². The van der Waals surface area contributed by atoms with E-state index in [-0.39, 0.29) is 11.9 Å². The highest BCUT2D eigenvalue weighted by atomic mass is 16.5. The van der Waals surface area contributed by atoms with Crippen LogP contribution in [0.1, 0.15) is 12.8 Å². The van der Waals surface area contributed by atoms with Gasteiger partial charge in [-0.1, -0.05) is 0 Å². The summed E-state index contributed by atoms with van der Waals surface area (Å²) >= 11 is 0. The third-order valence-corrected chi connectivity index (χ3v) is 5.81. The number of ether oxygens (including phenoxy) is 2. The van der Waals surface area contributed by atoms with Gasteiger partial charge in [0.05, 0.1) is 32.3 Å². The molecule has 3 aromatic heterocycles. The van der Waals surface area contributed by atoms with E-state index in [2.05, 4.69) is 15.4 Å². The summed E-state index contributed by atoms with van der Waals surface area (Å²) in [5, 5.41) is 7.26. The Morgan fingerprint density at radius 2 is 1.91 bits per heavy atom. The fourth-order valence-electron chi connectivity index (χ4n) is 4.04. The second kappa shape index (κ2) is 8.97. The highest BCUT2D eigenvalue weighted by molar-refractivity contribution is 5.79. The normalized spacial score (nSPS) is 15.4. The number of aromatic nitrogens is 5. The van der Waals surface area contributed by atoms with Crippen LogP contribution < -0.4 is 19.7 Å². The molecule has 4 aromatic rings. The van der Waals surface area contributed by atoms with Gasteiger partial charge in [0.2, 0.25) is 5.91 Å². The number of fused-ring (bicyclic) bond motifs is 1. The Bertz CT molecular complexity index is 1330. The molecule has 1 unspecified atom stereocenters. The van der Waals surface area contributed by atoms with Gasteiger partial charge in [0.1, 0.15) is 22.8 Å². The van der Waals surface area contributed by atoms with E-state index in [1.807, 2.05) is 48.5 Å². The van der Waals surface area contributed by atoms with Crippen LogP contribution in [-0.4, -0.2) is 57.4 Å². The minimum Gasteiger partial charge on any atom is -0.497 e. The minimum absolute atomic E-state index is 0.00463. The molecule has 0 radical (unpaired) electrons. The van der Waals surface area contributed by atoms with Crippen LogP contribution in [0.15, 0.2) is 48.9 Å². The smallest absolute Gasteiger partial charge is 0.220 e. The fraction of sp³-hybridized carbons (Fsp3) is 0.292. The Kier molecular flexibility index (Phi) is 5.70. The van der Waals surface area contributed by atoms with E-state index in [1.165, 1.54) is 0 Å². The summed E-state index contributed by atoms with van der Waals surface area (Å²) in [6, 6.07) is 9.46. The number of carbonyl (C=O) groups is 1. The number of anilines is 2. The average molecular weight is 460 g/mol. The molecule has 4 heterocycles. The summed E-state index contributed by atoms with van der Waals surface area (Å²) in [5.74, 6) is 2.07. The predicted octanol–water partition coefficient (Wildman–Crippen LogP) is 2.86. The molecule has 0 saturated carbocycles. The van der Waals surface area contributed by atoms with Crippen molar-refractivity contribution in [3.05, 3.63) is 48.9 Å². The lowest BCUT2D eigenvalue weighted by molar-refractivity contribution is -0.119. The first kappa shape index (κ1) is 21.6. The van der Waals surface area contributed by atoms with Gasteiger partial charge in [0.15, 0.2) is 5.65 Å². The van der Waals surface area contributed by atoms with E-state index in [1.54, 1.807) is 31.3 Å². The van der Waals surface area contributed by atoms with Crippen LogP contribution in [0.2, 0.25) is 0 Å². The molecular formula is C24H25N7O3. The predicted molar refractivity (Wildman–Crippen MR) is 127 cm³/mol. The average Bonchev–Trinajstić information content (AvgIpc) is 3.49. The topological polar surface area (TPSA) is 107 Å². The molecule has 1 N–H and O–H groups in total. The first-order valence-corrected chi connectivity index (χ1v) is 10.9. The second-order valence-electron chi connectivity index (χ2n) is 8.15. The van der Waals surface area contributed by atoms with Crippen molar-refractivity contribution in [3.8, 4) is 22.8 Å². The maximum absolute atomic E-state index is 11.8. The highest BCUT2D eigenvalue weighted by Crippen LogP contribution is 2.33. The van der Waals surface area contributed by atoms with Gasteiger partial charge in [-0.3, -0.25) is 14.5 Å². The third kappa shape index (κ3) is 4.34. The number of hydrogen-bond donors (Lipinski definition) is 1. The zero-order valence-electron chi connectivity index (χ0n) is 19.2. The Morgan fingerprint density at radius 1 is 1.12 bits per heavy atom. The molecule has 10 heteroatoms. The molecule has 0 aliphatic carbocycles. The van der Waals surface area contributed by atoms with Crippen LogP contribution in [0.5, 0.6) is 11.5 Å². The van der Waals surface area contributed by atoms with Crippen LogP contribution in [0.3, 0.4) is 0 Å². The summed E-state index contributed by atoms with van der Waals surface area (Å²) in [5.41, 5.74) is 3.61. The lowest BCUT2D eigenvalue weighted by Crippen LogP contribution is -2.37. The zero-order chi connectivity index (χ0) is 23.7. The number of nitrogens with one attached hydrogen (secondary N) is 1. The number of carbonyl (C=O) groups excluding carboxylic acids is 1. The van der Waals surface area contributed by atoms with Crippen LogP contribution in [0, 0.1) is 0 Å². The van der Waals surface area contributed by atoms with Gasteiger partial charge >= 0.3 is 0 Å². The van der Waals surface area contributed by atoms with Gasteiger partial charge in [0, 0.05) is 61.7 Å². The first-order valence-electron chi connectivity index (χ1n) is 10.9. The van der Waals surface area contributed by atoms with E-state index in [0.717, 1.165) is 17.7 Å². The van der Waals surface area contributed by atoms with Crippen molar-refractivity contribution in [1.29, 1.82) is 0 Å². The van der Waals surface area contributed by atoms with Gasteiger partial charge in [0.25, 0.3) is 0 Å². The van der Waals surface area contributed by atoms with Crippen molar-refractivity contribution >= 4 is 28.6 Å². The van der Waals surface area contributed by atoms with Crippen molar-refractivity contribution in [1.82, 2.24) is 30.0 Å². The molecule has 10 nitrogen and oxygen atoms in total. The maximum Gasteiger partial charge on any atom is 0.220 e. The van der Waals surface area contributed by atoms with E-state index < -0.39 is 0 Å². The summed E-state index contributed by atoms with van der Waals surface area (Å²) in [7, 11) is 5.09. The van der Waals surface area contributed by atoms with Crippen molar-refractivity contribution < 1.29 is 14.3 Å². The maximum atomic E-state index is 11.8. The number of nitrogens with zero attached hydrogens (tertiary/aromatic N) is 6. The fourth-order valence-corrected chi connectivity index (χ4v) is 4.04. The van der Waals surface area contributed by atoms with Gasteiger partial charge in [-0.25, -0.2) is 9.97 Å². The minimum atomic E-state index is -0.00463. The molecule has 0 bridgehead atoms. The summed E-state index contributed by atoms with van der Waals surface area (Å²) in [6.45, 7) is 0.538. The molecule has 1 aliphatic heterocycles. The van der Waals surface area contributed by atoms with Gasteiger partial charge in [-0.15, -0.1) is 0 Å². The number of pyridine rings is 1. The van der Waals surface area contributed by atoms with Crippen LogP contribution in [-0.2, 0) is 11.8 Å². The number of amides is 1. The highest BCUT2D eigenvalue weighted by Gasteiger charge is 2.25. The molecule has 0 spiro atoms. The molecule has 1 saturated heterocycles. The van der Waals surface area contributed by atoms with E-state index in [9.17, 15) is 4.79 Å². The lowest BCUT2D eigenvalue weighted by atomic mass is 10.2. The Hall–Kier alpha value is -4.21. The molecule has 174 valence electrons. The summed E-state index contributed by atoms with van der Waals surface area (Å²) in [6.07, 6.45) is 6.63. The Morgan fingerprint density at radius 3 is 2.56 bits per heavy atom. The summed E-state index contributed by atoms with van der Waals surface area (Å²) in [4.78, 5) is 28.0. The largest absolute Gasteiger partial charge is 0.497 e. The number of methoxy groups -OCH3 is 2. The monoisotopic (exact) mass is 459 g/mol. The third-order valence-electron chi connectivity index (χ3n) is 5.81. The number of rotatable bonds is 7. The van der Waals surface area contributed by atoms with Crippen LogP contribution >= 0.6 is 0 Å². The van der Waals surface area contributed by atoms with Crippen molar-refractivity contribution in [2.75, 3.05) is 25.7 Å². The quantitative estimate of drug-likeness (QED) is 0.450. The van der Waals surface area contributed by atoms with Gasteiger partial charge in [-0.05, 0) is 18.6 Å². The summed E-state index contributed by atoms with van der Waals surface area (Å²) < 4.78 is 12.7. The van der Waals surface area contributed by atoms with Gasteiger partial charge in [-0.2, -0.15) is 5.10 Å². The Labute approximate surface area is 196 Å². The van der Waals surface area contributed by atoms with Crippen molar-refractivity contribution in [3.63, 3.8) is 0 Å². The number of benzene rings is 1. The van der Waals surface area contributed by atoms with Crippen molar-refractivity contribution in [2.24, 2.45) is 7.05 Å². The molecule has 1 atom stereocenters. The molecule has 1 amide bonds. The SMILES string of the molecule is COc1cc(OC)cc(N(CC2CCC(=O)N2)c2ccc3ncc(-c4cnn(C)c4)nc3n2)c1. The first-order chi connectivity index (χ1) is 16.5. The van der Waals surface area contributed by atoms with Crippen LogP contribution in [0.25, 0.3) is 22.4 Å². The molecule has 34 heavy (non-hydrogen) atoms. The Balaban J connectivity index is 1.58. The molecule has 5 rings (SSSR count). The molecule has 1 aliphatic rings. The van der Waals surface area contributed by atoms with E-state index in [0.29, 0.717) is 47.1 Å². The molecule has 1 fully saturated rings. The second-order valence-corrected chi connectivity index (χ2v) is 8.15. The molecular weight excluding hydrogens is 434 g/mol. The number of hydrogen-bond acceptors (Lipinski definition) is 8. The lowest BCUT2D eigenvalue weighted by Gasteiger charge is -2.27.